The van der Waals surface area contributed by atoms with Crippen molar-refractivity contribution in [2.24, 2.45) is 0 Å². The van der Waals surface area contributed by atoms with E-state index in [0.717, 1.165) is 25.7 Å². The summed E-state index contributed by atoms with van der Waals surface area (Å²) in [5.74, 6) is 1.18. The van der Waals surface area contributed by atoms with Gasteiger partial charge in [-0.15, -0.1) is 0 Å². The molecule has 0 aliphatic rings. The fraction of sp³-hybridized carbons (Fsp3) is 1.00. The molecule has 0 aromatic rings. The van der Waals surface area contributed by atoms with Gasteiger partial charge in [-0.3, -0.25) is 0 Å². The van der Waals surface area contributed by atoms with Gasteiger partial charge in [0.2, 0.25) is 0 Å². The summed E-state index contributed by atoms with van der Waals surface area (Å²) in [4.78, 5) is 0. The Morgan fingerprint density at radius 2 is 2.10 bits per heavy atom. The van der Waals surface area contributed by atoms with Crippen molar-refractivity contribution >= 4 is 11.8 Å². The first kappa shape index (κ1) is 10.3. The molecule has 1 unspecified atom stereocenters. The minimum absolute atomic E-state index is 0.0443. The third kappa shape index (κ3) is 6.43. The molecule has 0 heterocycles. The van der Waals surface area contributed by atoms with Gasteiger partial charge in [-0.2, -0.15) is 11.8 Å². The molecule has 0 aliphatic heterocycles. The molecule has 0 saturated heterocycles. The summed E-state index contributed by atoms with van der Waals surface area (Å²) in [5, 5.41) is 9.27. The van der Waals surface area contributed by atoms with Crippen LogP contribution in [0.3, 0.4) is 0 Å². The second kappa shape index (κ2) is 7.42. The fourth-order valence-electron chi connectivity index (χ4n) is 0.941. The van der Waals surface area contributed by atoms with E-state index in [9.17, 15) is 5.11 Å². The lowest BCUT2D eigenvalue weighted by Crippen LogP contribution is -2.05. The van der Waals surface area contributed by atoms with Gasteiger partial charge in [-0.1, -0.05) is 13.3 Å². The second-order valence-electron chi connectivity index (χ2n) is 2.58. The van der Waals surface area contributed by atoms with Crippen molar-refractivity contribution in [1.29, 1.82) is 0 Å². The maximum Gasteiger partial charge on any atom is 0.0540 e. The van der Waals surface area contributed by atoms with Gasteiger partial charge < -0.3 is 5.11 Å². The molecule has 0 rings (SSSR count). The molecule has 2 heteroatoms. The van der Waals surface area contributed by atoms with Crippen LogP contribution in [0.1, 0.15) is 32.6 Å². The standard InChI is InChI=1S/C8H18OS/c1-3-5-8(9)6-4-7-10-2/h8-9H,3-7H2,1-2H3. The average molecular weight is 162 g/mol. The van der Waals surface area contributed by atoms with Gasteiger partial charge in [-0.05, 0) is 31.3 Å². The minimum Gasteiger partial charge on any atom is -0.393 e. The van der Waals surface area contributed by atoms with Crippen molar-refractivity contribution in [3.05, 3.63) is 0 Å². The van der Waals surface area contributed by atoms with E-state index >= 15 is 0 Å². The lowest BCUT2D eigenvalue weighted by Gasteiger charge is -2.06. The van der Waals surface area contributed by atoms with Crippen molar-refractivity contribution in [2.45, 2.75) is 38.7 Å². The van der Waals surface area contributed by atoms with Crippen LogP contribution in [0.25, 0.3) is 0 Å². The Morgan fingerprint density at radius 1 is 1.40 bits per heavy atom. The molecule has 0 bridgehead atoms. The predicted molar refractivity (Wildman–Crippen MR) is 48.5 cm³/mol. The van der Waals surface area contributed by atoms with E-state index in [1.54, 1.807) is 0 Å². The Hall–Kier alpha value is 0.310. The number of rotatable bonds is 6. The molecular weight excluding hydrogens is 144 g/mol. The summed E-state index contributed by atoms with van der Waals surface area (Å²) in [6.07, 6.45) is 6.26. The predicted octanol–water partition coefficient (Wildman–Crippen LogP) is 2.29. The Kier molecular flexibility index (Phi) is 7.65. The maximum atomic E-state index is 9.27. The summed E-state index contributed by atoms with van der Waals surface area (Å²) >= 11 is 1.85. The topological polar surface area (TPSA) is 20.2 Å². The van der Waals surface area contributed by atoms with E-state index in [4.69, 9.17) is 0 Å². The lowest BCUT2D eigenvalue weighted by atomic mass is 10.1. The van der Waals surface area contributed by atoms with E-state index in [-0.39, 0.29) is 6.10 Å². The highest BCUT2D eigenvalue weighted by Crippen LogP contribution is 2.06. The normalized spacial score (nSPS) is 13.5. The van der Waals surface area contributed by atoms with Crippen molar-refractivity contribution < 1.29 is 5.11 Å². The highest BCUT2D eigenvalue weighted by molar-refractivity contribution is 7.98. The van der Waals surface area contributed by atoms with E-state index < -0.39 is 0 Å². The van der Waals surface area contributed by atoms with Crippen LogP contribution < -0.4 is 0 Å². The van der Waals surface area contributed by atoms with Gasteiger partial charge in [0, 0.05) is 0 Å². The SMILES string of the molecule is CCCC(O)CCCSC. The zero-order valence-corrected chi connectivity index (χ0v) is 7.78. The smallest absolute Gasteiger partial charge is 0.0540 e. The van der Waals surface area contributed by atoms with Crippen molar-refractivity contribution in [3.8, 4) is 0 Å². The number of thioether (sulfide) groups is 1. The largest absolute Gasteiger partial charge is 0.393 e. The molecule has 0 radical (unpaired) electrons. The van der Waals surface area contributed by atoms with Gasteiger partial charge in [-0.25, -0.2) is 0 Å². The molecule has 0 fully saturated rings. The summed E-state index contributed by atoms with van der Waals surface area (Å²) in [5.41, 5.74) is 0. The zero-order valence-electron chi connectivity index (χ0n) is 6.97. The maximum absolute atomic E-state index is 9.27. The molecule has 1 atom stereocenters. The van der Waals surface area contributed by atoms with Crippen molar-refractivity contribution in [3.63, 3.8) is 0 Å². The monoisotopic (exact) mass is 162 g/mol. The van der Waals surface area contributed by atoms with E-state index in [0.29, 0.717) is 0 Å². The highest BCUT2D eigenvalue weighted by atomic mass is 32.2. The Labute approximate surface area is 68.2 Å². The van der Waals surface area contributed by atoms with E-state index in [1.807, 2.05) is 11.8 Å². The lowest BCUT2D eigenvalue weighted by molar-refractivity contribution is 0.153. The summed E-state index contributed by atoms with van der Waals surface area (Å²) in [6, 6.07) is 0. The highest BCUT2D eigenvalue weighted by Gasteiger charge is 2.00. The number of aliphatic hydroxyl groups is 1. The van der Waals surface area contributed by atoms with Crippen LogP contribution in [0, 0.1) is 0 Å². The average Bonchev–Trinajstić information content (AvgIpc) is 1.89. The zero-order chi connectivity index (χ0) is 7.82. The molecule has 0 amide bonds. The Balaban J connectivity index is 2.97. The van der Waals surface area contributed by atoms with Crippen LogP contribution in [0.5, 0.6) is 0 Å². The first-order valence-electron chi connectivity index (χ1n) is 3.98. The minimum atomic E-state index is -0.0443. The summed E-state index contributed by atoms with van der Waals surface area (Å²) in [7, 11) is 0. The quantitative estimate of drug-likeness (QED) is 0.605. The molecule has 10 heavy (non-hydrogen) atoms. The Bertz CT molecular complexity index is 66.3. The molecule has 1 nitrogen and oxygen atoms in total. The van der Waals surface area contributed by atoms with Crippen LogP contribution in [0.15, 0.2) is 0 Å². The second-order valence-corrected chi connectivity index (χ2v) is 3.56. The van der Waals surface area contributed by atoms with Gasteiger partial charge in [0.15, 0.2) is 0 Å². The van der Waals surface area contributed by atoms with Crippen LogP contribution >= 0.6 is 11.8 Å². The van der Waals surface area contributed by atoms with Crippen LogP contribution in [-0.4, -0.2) is 23.2 Å². The summed E-state index contributed by atoms with van der Waals surface area (Å²) in [6.45, 7) is 2.11. The molecule has 0 spiro atoms. The molecule has 62 valence electrons. The first-order chi connectivity index (χ1) is 4.81. The van der Waals surface area contributed by atoms with Crippen molar-refractivity contribution in [1.82, 2.24) is 0 Å². The third-order valence-electron chi connectivity index (χ3n) is 1.51. The number of hydrogen-bond acceptors (Lipinski definition) is 2. The first-order valence-corrected chi connectivity index (χ1v) is 5.37. The van der Waals surface area contributed by atoms with Gasteiger partial charge >= 0.3 is 0 Å². The van der Waals surface area contributed by atoms with E-state index in [2.05, 4.69) is 13.2 Å². The fourth-order valence-corrected chi connectivity index (χ4v) is 1.40. The molecule has 0 saturated carbocycles. The van der Waals surface area contributed by atoms with Gasteiger partial charge in [0.05, 0.1) is 6.10 Å². The van der Waals surface area contributed by atoms with Crippen LogP contribution in [-0.2, 0) is 0 Å². The van der Waals surface area contributed by atoms with Gasteiger partial charge in [0.25, 0.3) is 0 Å². The molecule has 0 aliphatic carbocycles. The van der Waals surface area contributed by atoms with E-state index in [1.165, 1.54) is 5.75 Å². The number of hydrogen-bond donors (Lipinski definition) is 1. The van der Waals surface area contributed by atoms with Gasteiger partial charge in [0.1, 0.15) is 0 Å². The molecule has 0 aromatic carbocycles. The van der Waals surface area contributed by atoms with Crippen molar-refractivity contribution in [2.75, 3.05) is 12.0 Å². The molecule has 1 N–H and O–H groups in total. The van der Waals surface area contributed by atoms with Crippen LogP contribution in [0.2, 0.25) is 0 Å². The third-order valence-corrected chi connectivity index (χ3v) is 2.20. The number of aliphatic hydroxyl groups excluding tert-OH is 1. The molecule has 0 aromatic heterocycles. The van der Waals surface area contributed by atoms with Crippen LogP contribution in [0.4, 0.5) is 0 Å². The molecular formula is C8H18OS. The Morgan fingerprint density at radius 3 is 2.60 bits per heavy atom. The summed E-state index contributed by atoms with van der Waals surface area (Å²) < 4.78 is 0.